The zero-order valence-electron chi connectivity index (χ0n) is 10.2. The minimum absolute atomic E-state index is 0.0789. The van der Waals surface area contributed by atoms with Crippen molar-refractivity contribution in [3.8, 4) is 0 Å². The highest BCUT2D eigenvalue weighted by Crippen LogP contribution is 2.09. The summed E-state index contributed by atoms with van der Waals surface area (Å²) in [4.78, 5) is 22.3. The largest absolute Gasteiger partial charge is 0.480 e. The molecule has 0 aliphatic carbocycles. The number of rotatable bonds is 5. The molecule has 2 heterocycles. The van der Waals surface area contributed by atoms with E-state index in [-0.39, 0.29) is 5.76 Å². The lowest BCUT2D eigenvalue weighted by Gasteiger charge is -2.06. The molecule has 2 aromatic rings. The molecule has 100 valence electrons. The van der Waals surface area contributed by atoms with E-state index in [9.17, 15) is 9.59 Å². The zero-order chi connectivity index (χ0) is 13.8. The normalized spacial score (nSPS) is 12.1. The predicted molar refractivity (Wildman–Crippen MR) is 64.6 cm³/mol. The SMILES string of the molecule is C[C@H](NC(=O)c1ccc(Cn2cccn2)o1)C(=O)O. The van der Waals surface area contributed by atoms with Crippen LogP contribution in [0.5, 0.6) is 0 Å². The summed E-state index contributed by atoms with van der Waals surface area (Å²) in [5, 5.41) is 15.0. The maximum absolute atomic E-state index is 11.7. The highest BCUT2D eigenvalue weighted by Gasteiger charge is 2.17. The summed E-state index contributed by atoms with van der Waals surface area (Å²) in [6.07, 6.45) is 3.42. The van der Waals surface area contributed by atoms with E-state index in [1.165, 1.54) is 13.0 Å². The Balaban J connectivity index is 2.00. The molecule has 7 heteroatoms. The van der Waals surface area contributed by atoms with Gasteiger partial charge in [-0.25, -0.2) is 0 Å². The van der Waals surface area contributed by atoms with E-state index in [2.05, 4.69) is 10.4 Å². The third-order valence-electron chi connectivity index (χ3n) is 2.48. The molecule has 0 radical (unpaired) electrons. The molecule has 2 N–H and O–H groups in total. The Bertz CT molecular complexity index is 574. The lowest BCUT2D eigenvalue weighted by atomic mass is 10.3. The first kappa shape index (κ1) is 12.9. The lowest BCUT2D eigenvalue weighted by molar-refractivity contribution is -0.138. The van der Waals surface area contributed by atoms with Gasteiger partial charge in [-0.3, -0.25) is 14.3 Å². The van der Waals surface area contributed by atoms with Gasteiger partial charge in [-0.15, -0.1) is 0 Å². The van der Waals surface area contributed by atoms with E-state index in [0.717, 1.165) is 0 Å². The van der Waals surface area contributed by atoms with Crippen molar-refractivity contribution >= 4 is 11.9 Å². The number of hydrogen-bond acceptors (Lipinski definition) is 4. The van der Waals surface area contributed by atoms with E-state index in [1.54, 1.807) is 29.2 Å². The first-order chi connectivity index (χ1) is 9.06. The molecule has 7 nitrogen and oxygen atoms in total. The lowest BCUT2D eigenvalue weighted by Crippen LogP contribution is -2.38. The molecule has 0 saturated heterocycles. The molecule has 0 aromatic carbocycles. The average Bonchev–Trinajstić information content (AvgIpc) is 3.00. The highest BCUT2D eigenvalue weighted by atomic mass is 16.4. The second-order valence-corrected chi connectivity index (χ2v) is 4.00. The van der Waals surface area contributed by atoms with Gasteiger partial charge in [0.05, 0.1) is 6.54 Å². The molecule has 1 atom stereocenters. The van der Waals surface area contributed by atoms with E-state index in [4.69, 9.17) is 9.52 Å². The van der Waals surface area contributed by atoms with E-state index >= 15 is 0 Å². The van der Waals surface area contributed by atoms with Crippen LogP contribution >= 0.6 is 0 Å². The maximum atomic E-state index is 11.7. The van der Waals surface area contributed by atoms with Crippen LogP contribution in [0.3, 0.4) is 0 Å². The molecule has 19 heavy (non-hydrogen) atoms. The van der Waals surface area contributed by atoms with Crippen molar-refractivity contribution in [2.24, 2.45) is 0 Å². The van der Waals surface area contributed by atoms with Crippen LogP contribution in [0.25, 0.3) is 0 Å². The van der Waals surface area contributed by atoms with Gasteiger partial charge in [-0.2, -0.15) is 5.10 Å². The van der Waals surface area contributed by atoms with Crippen LogP contribution in [-0.2, 0) is 11.3 Å². The van der Waals surface area contributed by atoms with E-state index < -0.39 is 17.9 Å². The Kier molecular flexibility index (Phi) is 3.65. The van der Waals surface area contributed by atoms with Crippen molar-refractivity contribution in [2.45, 2.75) is 19.5 Å². The number of hydrogen-bond donors (Lipinski definition) is 2. The van der Waals surface area contributed by atoms with Crippen molar-refractivity contribution in [3.05, 3.63) is 42.1 Å². The number of carbonyl (C=O) groups is 2. The van der Waals surface area contributed by atoms with Gasteiger partial charge in [-0.05, 0) is 25.1 Å². The van der Waals surface area contributed by atoms with Crippen molar-refractivity contribution in [3.63, 3.8) is 0 Å². The van der Waals surface area contributed by atoms with Crippen LogP contribution in [0.1, 0.15) is 23.2 Å². The summed E-state index contributed by atoms with van der Waals surface area (Å²) >= 11 is 0. The van der Waals surface area contributed by atoms with Gasteiger partial charge in [0.2, 0.25) is 0 Å². The van der Waals surface area contributed by atoms with Gasteiger partial charge in [-0.1, -0.05) is 0 Å². The average molecular weight is 263 g/mol. The number of carboxylic acids is 1. The van der Waals surface area contributed by atoms with Crippen LogP contribution in [0, 0.1) is 0 Å². The van der Waals surface area contributed by atoms with Gasteiger partial charge in [0.1, 0.15) is 11.8 Å². The minimum Gasteiger partial charge on any atom is -0.480 e. The maximum Gasteiger partial charge on any atom is 0.325 e. The Labute approximate surface area is 108 Å². The standard InChI is InChI=1S/C12H13N3O4/c1-8(12(17)18)14-11(16)10-4-3-9(19-10)7-15-6-2-5-13-15/h2-6,8H,7H2,1H3,(H,14,16)(H,17,18)/t8-/m0/s1. The Morgan fingerprint density at radius 2 is 2.32 bits per heavy atom. The van der Waals surface area contributed by atoms with Crippen LogP contribution < -0.4 is 5.32 Å². The summed E-state index contributed by atoms with van der Waals surface area (Å²) in [6, 6.07) is 3.97. The van der Waals surface area contributed by atoms with Gasteiger partial charge in [0, 0.05) is 12.4 Å². The number of carboxylic acid groups (broad SMARTS) is 1. The topological polar surface area (TPSA) is 97.4 Å². The van der Waals surface area contributed by atoms with E-state index in [1.807, 2.05) is 0 Å². The number of furan rings is 1. The van der Waals surface area contributed by atoms with Crippen LogP contribution in [0.2, 0.25) is 0 Å². The number of carbonyl (C=O) groups excluding carboxylic acids is 1. The first-order valence-electron chi connectivity index (χ1n) is 5.66. The van der Waals surface area contributed by atoms with Gasteiger partial charge >= 0.3 is 5.97 Å². The van der Waals surface area contributed by atoms with Crippen LogP contribution in [0.15, 0.2) is 35.0 Å². The highest BCUT2D eigenvalue weighted by molar-refractivity contribution is 5.94. The fourth-order valence-electron chi connectivity index (χ4n) is 1.47. The summed E-state index contributed by atoms with van der Waals surface area (Å²) in [5.74, 6) is -1.01. The van der Waals surface area contributed by atoms with Gasteiger partial charge < -0.3 is 14.8 Å². The molecule has 2 aromatic heterocycles. The van der Waals surface area contributed by atoms with Crippen LogP contribution in [0.4, 0.5) is 0 Å². The molecule has 0 bridgehead atoms. The van der Waals surface area contributed by atoms with E-state index in [0.29, 0.717) is 12.3 Å². The van der Waals surface area contributed by atoms with Crippen LogP contribution in [-0.4, -0.2) is 32.8 Å². The number of amides is 1. The Hall–Kier alpha value is -2.57. The molecule has 0 fully saturated rings. The summed E-state index contributed by atoms with van der Waals surface area (Å²) in [6.45, 7) is 1.79. The smallest absolute Gasteiger partial charge is 0.325 e. The van der Waals surface area contributed by atoms with Gasteiger partial charge in [0.15, 0.2) is 5.76 Å². The Morgan fingerprint density at radius 3 is 2.95 bits per heavy atom. The Morgan fingerprint density at radius 1 is 1.53 bits per heavy atom. The number of nitrogens with zero attached hydrogens (tertiary/aromatic N) is 2. The zero-order valence-corrected chi connectivity index (χ0v) is 10.2. The molecule has 0 aliphatic rings. The summed E-state index contributed by atoms with van der Waals surface area (Å²) in [7, 11) is 0. The quantitative estimate of drug-likeness (QED) is 0.828. The number of nitrogens with one attached hydrogen (secondary N) is 1. The van der Waals surface area contributed by atoms with Crippen molar-refractivity contribution in [2.75, 3.05) is 0 Å². The second-order valence-electron chi connectivity index (χ2n) is 4.00. The third-order valence-corrected chi connectivity index (χ3v) is 2.48. The number of aliphatic carboxylic acids is 1. The molecule has 0 spiro atoms. The predicted octanol–water partition coefficient (Wildman–Crippen LogP) is 0.727. The second kappa shape index (κ2) is 5.38. The summed E-state index contributed by atoms with van der Waals surface area (Å²) in [5.41, 5.74) is 0. The van der Waals surface area contributed by atoms with Gasteiger partial charge in [0.25, 0.3) is 5.91 Å². The fraction of sp³-hybridized carbons (Fsp3) is 0.250. The van der Waals surface area contributed by atoms with Crippen molar-refractivity contribution in [1.29, 1.82) is 0 Å². The molecular weight excluding hydrogens is 250 g/mol. The first-order valence-corrected chi connectivity index (χ1v) is 5.66. The molecule has 2 rings (SSSR count). The minimum atomic E-state index is -1.10. The third kappa shape index (κ3) is 3.21. The molecule has 0 aliphatic heterocycles. The molecule has 0 unspecified atom stereocenters. The van der Waals surface area contributed by atoms with Crippen molar-refractivity contribution in [1.82, 2.24) is 15.1 Å². The summed E-state index contributed by atoms with van der Waals surface area (Å²) < 4.78 is 6.99. The molecule has 0 saturated carbocycles. The fourth-order valence-corrected chi connectivity index (χ4v) is 1.47. The molecular formula is C12H13N3O4. The number of aromatic nitrogens is 2. The monoisotopic (exact) mass is 263 g/mol. The molecule has 1 amide bonds. The van der Waals surface area contributed by atoms with Crippen molar-refractivity contribution < 1.29 is 19.1 Å².